The van der Waals surface area contributed by atoms with Crippen molar-refractivity contribution in [2.45, 2.75) is 25.5 Å². The first-order valence-corrected chi connectivity index (χ1v) is 12.8. The molecule has 4 heterocycles. The molecule has 39 heavy (non-hydrogen) atoms. The first-order valence-electron chi connectivity index (χ1n) is 12.8. The second-order valence-electron chi connectivity index (χ2n) is 10.8. The standard InChI is InChI=1S/C29H28F2N6O2/c1-29(2,32)17-11-22(16-7-9-18(30)10-8-16)34-26(12-17)39-27-19-14-37(15-20(19)27)28(38)24-13-23(35-36(24)3)21-5-4-6-25(31)33-21/h4-13,19-20,27H,14-15,32H2,1-3H3. The van der Waals surface area contributed by atoms with Gasteiger partial charge in [-0.15, -0.1) is 0 Å². The molecule has 8 nitrogen and oxygen atoms in total. The maximum Gasteiger partial charge on any atom is 0.272 e. The van der Waals surface area contributed by atoms with Gasteiger partial charge in [-0.1, -0.05) is 6.07 Å². The van der Waals surface area contributed by atoms with Crippen molar-refractivity contribution in [1.82, 2.24) is 24.6 Å². The van der Waals surface area contributed by atoms with E-state index in [4.69, 9.17) is 10.5 Å². The fourth-order valence-corrected chi connectivity index (χ4v) is 5.16. The van der Waals surface area contributed by atoms with Gasteiger partial charge < -0.3 is 15.4 Å². The van der Waals surface area contributed by atoms with Crippen molar-refractivity contribution >= 4 is 5.91 Å². The summed E-state index contributed by atoms with van der Waals surface area (Å²) < 4.78 is 34.8. The Kier molecular flexibility index (Phi) is 5.95. The van der Waals surface area contributed by atoms with E-state index >= 15 is 0 Å². The van der Waals surface area contributed by atoms with Crippen LogP contribution in [0.2, 0.25) is 0 Å². The van der Waals surface area contributed by atoms with Gasteiger partial charge in [0.1, 0.15) is 23.3 Å². The SMILES string of the molecule is Cn1nc(-c2cccc(F)n2)cc1C(=O)N1CC2C(C1)C2Oc1cc(C(C)(C)N)cc(-c2ccc(F)cc2)n1. The zero-order valence-electron chi connectivity index (χ0n) is 21.8. The molecule has 0 radical (unpaired) electrons. The van der Waals surface area contributed by atoms with Crippen molar-refractivity contribution in [2.75, 3.05) is 13.1 Å². The summed E-state index contributed by atoms with van der Waals surface area (Å²) in [5, 5.41) is 4.36. The lowest BCUT2D eigenvalue weighted by Gasteiger charge is -2.22. The predicted molar refractivity (Wildman–Crippen MR) is 141 cm³/mol. The molecule has 3 aromatic heterocycles. The van der Waals surface area contributed by atoms with Crippen molar-refractivity contribution < 1.29 is 18.3 Å². The third-order valence-corrected chi connectivity index (χ3v) is 7.42. The predicted octanol–water partition coefficient (Wildman–Crippen LogP) is 4.17. The number of hydrogen-bond acceptors (Lipinski definition) is 6. The molecule has 200 valence electrons. The molecule has 2 fully saturated rings. The number of benzene rings is 1. The highest BCUT2D eigenvalue weighted by Gasteiger charge is 2.59. The molecule has 2 N–H and O–H groups in total. The van der Waals surface area contributed by atoms with Crippen LogP contribution in [0, 0.1) is 23.6 Å². The second-order valence-corrected chi connectivity index (χ2v) is 10.8. The van der Waals surface area contributed by atoms with Crippen LogP contribution >= 0.6 is 0 Å². The summed E-state index contributed by atoms with van der Waals surface area (Å²) in [5.74, 6) is -0.210. The zero-order chi connectivity index (χ0) is 27.5. The van der Waals surface area contributed by atoms with Crippen LogP contribution in [0.4, 0.5) is 8.78 Å². The van der Waals surface area contributed by atoms with Gasteiger partial charge in [0.15, 0.2) is 0 Å². The van der Waals surface area contributed by atoms with E-state index in [1.54, 1.807) is 42.3 Å². The van der Waals surface area contributed by atoms with Crippen molar-refractivity contribution in [2.24, 2.45) is 24.6 Å². The fraction of sp³-hybridized carbons (Fsp3) is 0.310. The number of halogens is 2. The molecule has 1 aliphatic heterocycles. The number of carbonyl (C=O) groups is 1. The summed E-state index contributed by atoms with van der Waals surface area (Å²) in [6, 6.07) is 16.0. The number of aromatic nitrogens is 4. The Hall–Kier alpha value is -4.18. The molecule has 1 saturated carbocycles. The molecule has 4 aromatic rings. The number of aryl methyl sites for hydroxylation is 1. The van der Waals surface area contributed by atoms with Gasteiger partial charge in [0.25, 0.3) is 5.91 Å². The molecule has 10 heteroatoms. The number of carbonyl (C=O) groups excluding carboxylic acids is 1. The number of nitrogens with zero attached hydrogens (tertiary/aromatic N) is 5. The van der Waals surface area contributed by atoms with Crippen molar-refractivity contribution in [3.63, 3.8) is 0 Å². The van der Waals surface area contributed by atoms with E-state index in [0.29, 0.717) is 41.7 Å². The average molecular weight is 531 g/mol. The Morgan fingerprint density at radius 1 is 0.974 bits per heavy atom. The molecule has 2 unspecified atom stereocenters. The number of pyridine rings is 2. The first kappa shape index (κ1) is 25.1. The molecule has 6 rings (SSSR count). The quantitative estimate of drug-likeness (QED) is 0.376. The third-order valence-electron chi connectivity index (χ3n) is 7.42. The summed E-state index contributed by atoms with van der Waals surface area (Å²) >= 11 is 0. The first-order chi connectivity index (χ1) is 18.6. The highest BCUT2D eigenvalue weighted by Crippen LogP contribution is 2.48. The van der Waals surface area contributed by atoms with Crippen molar-refractivity contribution in [3.8, 4) is 28.5 Å². The fourth-order valence-electron chi connectivity index (χ4n) is 5.16. The minimum Gasteiger partial charge on any atom is -0.474 e. The summed E-state index contributed by atoms with van der Waals surface area (Å²) in [7, 11) is 1.69. The Morgan fingerprint density at radius 2 is 1.69 bits per heavy atom. The normalized spacial score (nSPS) is 20.2. The van der Waals surface area contributed by atoms with E-state index < -0.39 is 11.5 Å². The van der Waals surface area contributed by atoms with E-state index in [0.717, 1.165) is 11.1 Å². The van der Waals surface area contributed by atoms with Gasteiger partial charge in [0.05, 0.1) is 11.4 Å². The van der Waals surface area contributed by atoms with Gasteiger partial charge in [0, 0.05) is 49.1 Å². The number of ether oxygens (including phenoxy) is 1. The van der Waals surface area contributed by atoms with Crippen LogP contribution in [0.15, 0.2) is 60.7 Å². The van der Waals surface area contributed by atoms with Gasteiger partial charge in [-0.3, -0.25) is 9.48 Å². The minimum absolute atomic E-state index is 0.0580. The molecule has 2 aliphatic rings. The Labute approximate surface area is 224 Å². The maximum atomic E-state index is 13.6. The molecular formula is C29H28F2N6O2. The topological polar surface area (TPSA) is 99.2 Å². The van der Waals surface area contributed by atoms with Crippen LogP contribution in [0.5, 0.6) is 5.88 Å². The van der Waals surface area contributed by atoms with Gasteiger partial charge in [-0.2, -0.15) is 9.49 Å². The average Bonchev–Trinajstić information content (AvgIpc) is 3.21. The molecular weight excluding hydrogens is 502 g/mol. The smallest absolute Gasteiger partial charge is 0.272 e. The number of nitrogens with two attached hydrogens (primary N) is 1. The summed E-state index contributed by atoms with van der Waals surface area (Å²) in [6.07, 6.45) is -0.0580. The molecule has 1 saturated heterocycles. The number of fused-ring (bicyclic) bond motifs is 1. The van der Waals surface area contributed by atoms with E-state index in [1.807, 2.05) is 26.0 Å². The Bertz CT molecular complexity index is 1550. The highest BCUT2D eigenvalue weighted by atomic mass is 19.1. The molecule has 0 spiro atoms. The van der Waals surface area contributed by atoms with E-state index in [9.17, 15) is 13.6 Å². The van der Waals surface area contributed by atoms with Crippen LogP contribution in [-0.4, -0.2) is 49.7 Å². The van der Waals surface area contributed by atoms with Crippen LogP contribution < -0.4 is 10.5 Å². The number of hydrogen-bond donors (Lipinski definition) is 1. The van der Waals surface area contributed by atoms with Crippen LogP contribution in [0.25, 0.3) is 22.6 Å². The van der Waals surface area contributed by atoms with Gasteiger partial charge in [-0.25, -0.2) is 14.4 Å². The summed E-state index contributed by atoms with van der Waals surface area (Å²) in [6.45, 7) is 4.92. The molecule has 1 aliphatic carbocycles. The number of rotatable bonds is 6. The molecule has 2 atom stereocenters. The number of amides is 1. The molecule has 1 amide bonds. The zero-order valence-corrected chi connectivity index (χ0v) is 21.8. The lowest BCUT2D eigenvalue weighted by Crippen LogP contribution is -2.34. The number of piperidine rings is 1. The maximum absolute atomic E-state index is 13.6. The van der Waals surface area contributed by atoms with Gasteiger partial charge in [-0.05, 0) is 67.9 Å². The van der Waals surface area contributed by atoms with Crippen molar-refractivity contribution in [1.29, 1.82) is 0 Å². The molecule has 0 bridgehead atoms. The van der Waals surface area contributed by atoms with Crippen molar-refractivity contribution in [3.05, 3.63) is 83.7 Å². The molecule has 1 aromatic carbocycles. The van der Waals surface area contributed by atoms with E-state index in [2.05, 4.69) is 15.1 Å². The third kappa shape index (κ3) is 4.87. The second kappa shape index (κ2) is 9.23. The summed E-state index contributed by atoms with van der Waals surface area (Å²) in [4.78, 5) is 23.6. The lowest BCUT2D eigenvalue weighted by atomic mass is 9.95. The summed E-state index contributed by atoms with van der Waals surface area (Å²) in [5.41, 5.74) is 9.27. The largest absolute Gasteiger partial charge is 0.474 e. The van der Waals surface area contributed by atoms with Crippen LogP contribution in [-0.2, 0) is 12.6 Å². The lowest BCUT2D eigenvalue weighted by molar-refractivity contribution is 0.0740. The van der Waals surface area contributed by atoms with E-state index in [1.165, 1.54) is 22.9 Å². The minimum atomic E-state index is -0.624. The Balaban J connectivity index is 1.16. The van der Waals surface area contributed by atoms with Crippen LogP contribution in [0.3, 0.4) is 0 Å². The van der Waals surface area contributed by atoms with E-state index in [-0.39, 0.29) is 29.7 Å². The highest BCUT2D eigenvalue weighted by molar-refractivity contribution is 5.94. The van der Waals surface area contributed by atoms with Crippen LogP contribution in [0.1, 0.15) is 29.9 Å². The Morgan fingerprint density at radius 3 is 2.36 bits per heavy atom. The number of likely N-dealkylation sites (tertiary alicyclic amines) is 1. The monoisotopic (exact) mass is 530 g/mol. The van der Waals surface area contributed by atoms with Gasteiger partial charge >= 0.3 is 0 Å². The van der Waals surface area contributed by atoms with Gasteiger partial charge in [0.2, 0.25) is 11.8 Å².